The van der Waals surface area contributed by atoms with E-state index in [-0.39, 0.29) is 25.9 Å². The Bertz CT molecular complexity index is 1340. The van der Waals surface area contributed by atoms with Crippen molar-refractivity contribution in [1.29, 1.82) is 0 Å². The van der Waals surface area contributed by atoms with Crippen LogP contribution in [0.4, 0.5) is 0 Å². The molecule has 74 heavy (non-hydrogen) atoms. The van der Waals surface area contributed by atoms with E-state index in [2.05, 4.69) is 45.1 Å². The molecule has 0 saturated carbocycles. The van der Waals surface area contributed by atoms with Crippen LogP contribution in [-0.4, -0.2) is 66.5 Å². The third kappa shape index (κ3) is 54.7. The van der Waals surface area contributed by atoms with Gasteiger partial charge in [-0.1, -0.05) is 251 Å². The Kier molecular flexibility index (Phi) is 55.6. The minimum atomic E-state index is -4.74. The summed E-state index contributed by atoms with van der Waals surface area (Å²) in [7, 11) is -4.74. The van der Waals surface area contributed by atoms with Gasteiger partial charge in [-0.25, -0.2) is 4.57 Å². The lowest BCUT2D eigenvalue weighted by atomic mass is 10.1. The second-order valence-electron chi connectivity index (χ2n) is 21.2. The number of allylic oxidation sites excluding steroid dienone is 4. The van der Waals surface area contributed by atoms with E-state index >= 15 is 0 Å². The molecule has 0 spiro atoms. The van der Waals surface area contributed by atoms with Gasteiger partial charge in [0.2, 0.25) is 0 Å². The maximum Gasteiger partial charge on any atom is 0.472 e. The van der Waals surface area contributed by atoms with Crippen LogP contribution in [0.15, 0.2) is 24.3 Å². The van der Waals surface area contributed by atoms with Crippen LogP contribution in [0.3, 0.4) is 0 Å². The Morgan fingerprint density at radius 1 is 0.365 bits per heavy atom. The number of phosphoric acid groups is 1. The number of carbonyl (C=O) groups is 3. The minimum Gasteiger partial charge on any atom is -0.462 e. The molecule has 0 aromatic heterocycles. The largest absolute Gasteiger partial charge is 0.472 e. The third-order valence-corrected chi connectivity index (χ3v) is 14.8. The van der Waals surface area contributed by atoms with Crippen molar-refractivity contribution in [2.75, 3.05) is 26.4 Å². The lowest BCUT2D eigenvalue weighted by molar-refractivity contribution is -0.161. The fourth-order valence-electron chi connectivity index (χ4n) is 9.05. The number of carbonyl (C=O) groups excluding carboxylic acids is 3. The first-order valence-electron chi connectivity index (χ1n) is 31.2. The summed E-state index contributed by atoms with van der Waals surface area (Å²) in [6.07, 6.45) is 58.5. The molecule has 0 saturated heterocycles. The smallest absolute Gasteiger partial charge is 0.462 e. The van der Waals surface area contributed by atoms with E-state index in [0.717, 1.165) is 64.2 Å². The monoisotopic (exact) mass is 1070 g/mol. The summed E-state index contributed by atoms with van der Waals surface area (Å²) in [6.45, 7) is 4.68. The number of hydrogen-bond donors (Lipinski definition) is 2. The summed E-state index contributed by atoms with van der Waals surface area (Å²) < 4.78 is 39.6. The van der Waals surface area contributed by atoms with Crippen molar-refractivity contribution in [3.63, 3.8) is 0 Å². The van der Waals surface area contributed by atoms with Crippen molar-refractivity contribution in [2.45, 2.75) is 328 Å². The number of esters is 3. The fraction of sp³-hybridized carbons (Fsp3) is 0.887. The van der Waals surface area contributed by atoms with Gasteiger partial charge in [0.05, 0.1) is 19.8 Å². The van der Waals surface area contributed by atoms with Gasteiger partial charge in [0.25, 0.3) is 0 Å². The van der Waals surface area contributed by atoms with Crippen LogP contribution in [0.1, 0.15) is 316 Å². The van der Waals surface area contributed by atoms with E-state index < -0.39 is 57.8 Å². The predicted molar refractivity (Wildman–Crippen MR) is 307 cm³/mol. The first kappa shape index (κ1) is 72.0. The van der Waals surface area contributed by atoms with Crippen LogP contribution < -0.4 is 0 Å². The zero-order valence-corrected chi connectivity index (χ0v) is 49.2. The highest BCUT2D eigenvalue weighted by atomic mass is 31.2. The minimum absolute atomic E-state index is 0.169. The fourth-order valence-corrected chi connectivity index (χ4v) is 9.84. The van der Waals surface area contributed by atoms with Crippen molar-refractivity contribution < 1.29 is 52.2 Å². The normalized spacial score (nSPS) is 13.4. The van der Waals surface area contributed by atoms with Crippen LogP contribution in [-0.2, 0) is 42.2 Å². The lowest BCUT2D eigenvalue weighted by Crippen LogP contribution is -2.30. The molecule has 0 radical (unpaired) electrons. The molecular weight excluding hydrogens is 952 g/mol. The van der Waals surface area contributed by atoms with Crippen molar-refractivity contribution in [3.05, 3.63) is 24.3 Å². The van der Waals surface area contributed by atoms with Crippen LogP contribution >= 0.6 is 7.82 Å². The summed E-state index contributed by atoms with van der Waals surface area (Å²) in [6, 6.07) is 0. The van der Waals surface area contributed by atoms with Crippen molar-refractivity contribution in [3.8, 4) is 0 Å². The molecule has 0 aromatic carbocycles. The molecule has 0 bridgehead atoms. The van der Waals surface area contributed by atoms with Gasteiger partial charge in [-0.3, -0.25) is 23.4 Å². The molecule has 0 aromatic rings. The third-order valence-electron chi connectivity index (χ3n) is 13.8. The molecule has 0 aliphatic heterocycles. The van der Waals surface area contributed by atoms with Gasteiger partial charge in [0.15, 0.2) is 6.10 Å². The molecule has 0 aliphatic rings. The molecule has 0 aliphatic carbocycles. The molecule has 12 heteroatoms. The van der Waals surface area contributed by atoms with Crippen LogP contribution in [0.5, 0.6) is 0 Å². The maximum atomic E-state index is 12.9. The second-order valence-corrected chi connectivity index (χ2v) is 22.7. The highest BCUT2D eigenvalue weighted by Crippen LogP contribution is 2.43. The number of phosphoric ester groups is 1. The van der Waals surface area contributed by atoms with Crippen molar-refractivity contribution >= 4 is 25.7 Å². The van der Waals surface area contributed by atoms with Crippen molar-refractivity contribution in [2.24, 2.45) is 0 Å². The molecular formula is C62H117O11P. The molecule has 0 fully saturated rings. The highest BCUT2D eigenvalue weighted by Gasteiger charge is 2.28. The van der Waals surface area contributed by atoms with Crippen molar-refractivity contribution in [1.82, 2.24) is 0 Å². The highest BCUT2D eigenvalue weighted by molar-refractivity contribution is 7.47. The molecule has 0 heterocycles. The predicted octanol–water partition coefficient (Wildman–Crippen LogP) is 18.6. The average Bonchev–Trinajstić information content (AvgIpc) is 3.39. The zero-order valence-electron chi connectivity index (χ0n) is 48.3. The van der Waals surface area contributed by atoms with E-state index in [1.807, 2.05) is 0 Å². The quantitative estimate of drug-likeness (QED) is 0.0197. The van der Waals surface area contributed by atoms with Gasteiger partial charge < -0.3 is 24.2 Å². The molecule has 11 nitrogen and oxygen atoms in total. The number of aliphatic hydroxyl groups excluding tert-OH is 1. The maximum absolute atomic E-state index is 12.9. The van der Waals surface area contributed by atoms with Gasteiger partial charge >= 0.3 is 25.7 Å². The van der Waals surface area contributed by atoms with Gasteiger partial charge in [-0.05, 0) is 70.6 Å². The molecule has 3 unspecified atom stereocenters. The van der Waals surface area contributed by atoms with Gasteiger partial charge in [0, 0.05) is 19.3 Å². The number of hydrogen-bond acceptors (Lipinski definition) is 10. The Hall–Kier alpha value is -2.04. The van der Waals surface area contributed by atoms with Gasteiger partial charge in [-0.2, -0.15) is 0 Å². The zero-order chi connectivity index (χ0) is 54.1. The van der Waals surface area contributed by atoms with E-state index in [1.54, 1.807) is 0 Å². The van der Waals surface area contributed by atoms with Gasteiger partial charge in [0.1, 0.15) is 12.7 Å². The van der Waals surface area contributed by atoms with Crippen LogP contribution in [0.2, 0.25) is 0 Å². The lowest BCUT2D eigenvalue weighted by Gasteiger charge is -2.21. The number of aliphatic hydroxyl groups is 1. The molecule has 0 amide bonds. The molecule has 2 N–H and O–H groups in total. The summed E-state index contributed by atoms with van der Waals surface area (Å²) in [5, 5.41) is 9.81. The van der Waals surface area contributed by atoms with E-state index in [0.29, 0.717) is 19.3 Å². The van der Waals surface area contributed by atoms with Crippen LogP contribution in [0, 0.1) is 0 Å². The van der Waals surface area contributed by atoms with E-state index in [1.165, 1.54) is 193 Å². The van der Waals surface area contributed by atoms with Gasteiger partial charge in [-0.15, -0.1) is 0 Å². The first-order valence-corrected chi connectivity index (χ1v) is 32.7. The average molecular weight is 1070 g/mol. The summed E-state index contributed by atoms with van der Waals surface area (Å²) in [5.74, 6) is -1.45. The SMILES string of the molecule is CCCCCCCC/C=C\CCCCCCCCCCCC(=O)OC(COC(=O)CCCCCCCCC/C=C\CCCCCCCC)COP(=O)(O)OCC(CO)OC(=O)CCCCCCCCCCCCC. The van der Waals surface area contributed by atoms with E-state index in [4.69, 9.17) is 23.3 Å². The number of ether oxygens (including phenoxy) is 3. The molecule has 0 rings (SSSR count). The Morgan fingerprint density at radius 2 is 0.622 bits per heavy atom. The Morgan fingerprint density at radius 3 is 0.932 bits per heavy atom. The summed E-state index contributed by atoms with van der Waals surface area (Å²) >= 11 is 0. The second kappa shape index (κ2) is 57.1. The topological polar surface area (TPSA) is 155 Å². The Balaban J connectivity index is 4.67. The number of unbranched alkanes of at least 4 members (excludes halogenated alkanes) is 38. The summed E-state index contributed by atoms with van der Waals surface area (Å²) in [5.41, 5.74) is 0. The summed E-state index contributed by atoms with van der Waals surface area (Å²) in [4.78, 5) is 48.6. The number of rotatable bonds is 59. The van der Waals surface area contributed by atoms with Crippen LogP contribution in [0.25, 0.3) is 0 Å². The molecule has 3 atom stereocenters. The Labute approximate surface area is 455 Å². The standard InChI is InChI=1S/C62H117O11P/c1-4-7-10-13-16-19-22-24-26-28-29-31-33-35-38-41-44-47-50-53-62(66)73-59(55-69-60(64)51-48-45-42-39-37-34-32-30-27-25-23-20-17-14-11-8-5-2)57-71-74(67,68)70-56-58(54-63)72-61(65)52-49-46-43-40-36-21-18-15-12-9-6-3/h24-27,58-59,63H,4-23,28-57H2,1-3H3,(H,67,68)/b26-24-,27-25-. The molecule has 436 valence electrons. The first-order chi connectivity index (χ1) is 36.2. The van der Waals surface area contributed by atoms with E-state index in [9.17, 15) is 28.9 Å².